The van der Waals surface area contributed by atoms with E-state index in [1.165, 1.54) is 25.0 Å². The minimum Gasteiger partial charge on any atom is -0.364 e. The third kappa shape index (κ3) is 4.00. The first-order chi connectivity index (χ1) is 14.2. The number of fused-ring (bicyclic) bond motifs is 1. The fourth-order valence-electron chi connectivity index (χ4n) is 3.75. The van der Waals surface area contributed by atoms with E-state index in [0.29, 0.717) is 18.2 Å². The van der Waals surface area contributed by atoms with E-state index in [4.69, 9.17) is 9.97 Å². The van der Waals surface area contributed by atoms with Gasteiger partial charge in [-0.1, -0.05) is 12.1 Å². The number of anilines is 2. The fourth-order valence-corrected chi connectivity index (χ4v) is 3.75. The molecule has 29 heavy (non-hydrogen) atoms. The van der Waals surface area contributed by atoms with Gasteiger partial charge >= 0.3 is 0 Å². The standard InChI is InChI=1S/C22H23F2N5/c23-16-5-8-18(24)15(13-16)14-28-9-11-29(12-10-28)22-21(25-17-6-7-17)26-19-3-1-2-4-20(19)27-22/h1-5,8,13,17H,6-7,9-12,14H2,(H,25,26). The van der Waals surface area contributed by atoms with Gasteiger partial charge in [-0.3, -0.25) is 4.90 Å². The molecule has 0 radical (unpaired) electrons. The van der Waals surface area contributed by atoms with Crippen LogP contribution in [0.4, 0.5) is 20.4 Å². The molecule has 1 saturated heterocycles. The lowest BCUT2D eigenvalue weighted by atomic mass is 10.1. The van der Waals surface area contributed by atoms with Gasteiger partial charge in [0.1, 0.15) is 11.6 Å². The lowest BCUT2D eigenvalue weighted by Gasteiger charge is -2.36. The first-order valence-electron chi connectivity index (χ1n) is 10.1. The molecule has 0 bridgehead atoms. The number of hydrogen-bond donors (Lipinski definition) is 1. The zero-order chi connectivity index (χ0) is 19.8. The Kier molecular flexibility index (Phi) is 4.75. The summed E-state index contributed by atoms with van der Waals surface area (Å²) in [4.78, 5) is 14.1. The molecule has 2 aromatic carbocycles. The van der Waals surface area contributed by atoms with Gasteiger partial charge in [-0.25, -0.2) is 18.7 Å². The van der Waals surface area contributed by atoms with Gasteiger partial charge in [-0.15, -0.1) is 0 Å². The summed E-state index contributed by atoms with van der Waals surface area (Å²) in [5.74, 6) is 0.968. The number of para-hydroxylation sites is 2. The van der Waals surface area contributed by atoms with Crippen LogP contribution in [0.15, 0.2) is 42.5 Å². The van der Waals surface area contributed by atoms with Gasteiger partial charge in [0.05, 0.1) is 11.0 Å². The molecule has 0 unspecified atom stereocenters. The van der Waals surface area contributed by atoms with Crippen LogP contribution in [0.1, 0.15) is 18.4 Å². The van der Waals surface area contributed by atoms with E-state index in [1.54, 1.807) is 0 Å². The first kappa shape index (κ1) is 18.2. The number of piperazine rings is 1. The van der Waals surface area contributed by atoms with Crippen molar-refractivity contribution < 1.29 is 8.78 Å². The Morgan fingerprint density at radius 2 is 1.66 bits per heavy atom. The van der Waals surface area contributed by atoms with Crippen molar-refractivity contribution in [2.45, 2.75) is 25.4 Å². The summed E-state index contributed by atoms with van der Waals surface area (Å²) in [7, 11) is 0. The molecule has 0 atom stereocenters. The average Bonchev–Trinajstić information content (AvgIpc) is 3.55. The van der Waals surface area contributed by atoms with Crippen molar-refractivity contribution in [3.8, 4) is 0 Å². The molecule has 2 fully saturated rings. The lowest BCUT2D eigenvalue weighted by molar-refractivity contribution is 0.246. The van der Waals surface area contributed by atoms with Crippen molar-refractivity contribution in [1.29, 1.82) is 0 Å². The predicted molar refractivity (Wildman–Crippen MR) is 110 cm³/mol. The normalized spacial score (nSPS) is 17.7. The summed E-state index contributed by atoms with van der Waals surface area (Å²) in [6.07, 6.45) is 2.34. The van der Waals surface area contributed by atoms with E-state index >= 15 is 0 Å². The molecule has 1 N–H and O–H groups in total. The highest BCUT2D eigenvalue weighted by molar-refractivity contribution is 5.80. The van der Waals surface area contributed by atoms with Crippen molar-refractivity contribution in [3.05, 3.63) is 59.7 Å². The van der Waals surface area contributed by atoms with E-state index in [1.807, 2.05) is 24.3 Å². The van der Waals surface area contributed by atoms with E-state index in [-0.39, 0.29) is 5.82 Å². The van der Waals surface area contributed by atoms with E-state index in [9.17, 15) is 8.78 Å². The molecule has 1 aliphatic heterocycles. The van der Waals surface area contributed by atoms with Gasteiger partial charge in [0.25, 0.3) is 0 Å². The Balaban J connectivity index is 1.33. The van der Waals surface area contributed by atoms with Crippen LogP contribution in [-0.2, 0) is 6.54 Å². The minimum atomic E-state index is -0.401. The van der Waals surface area contributed by atoms with Crippen LogP contribution in [0.5, 0.6) is 0 Å². The van der Waals surface area contributed by atoms with Crippen molar-refractivity contribution >= 4 is 22.7 Å². The fraction of sp³-hybridized carbons (Fsp3) is 0.364. The SMILES string of the molecule is Fc1ccc(F)c(CN2CCN(c3nc4ccccc4nc3NC3CC3)CC2)c1. The molecule has 2 heterocycles. The molecule has 2 aliphatic rings. The number of halogens is 2. The van der Waals surface area contributed by atoms with Gasteiger partial charge in [-0.2, -0.15) is 0 Å². The van der Waals surface area contributed by atoms with Crippen molar-refractivity contribution in [2.75, 3.05) is 36.4 Å². The number of aromatic nitrogens is 2. The zero-order valence-electron chi connectivity index (χ0n) is 16.1. The third-order valence-corrected chi connectivity index (χ3v) is 5.54. The third-order valence-electron chi connectivity index (χ3n) is 5.54. The molecule has 5 nitrogen and oxygen atoms in total. The summed E-state index contributed by atoms with van der Waals surface area (Å²) < 4.78 is 27.4. The molecule has 0 amide bonds. The quantitative estimate of drug-likeness (QED) is 0.712. The van der Waals surface area contributed by atoms with E-state index in [0.717, 1.165) is 54.9 Å². The molecule has 7 heteroatoms. The average molecular weight is 395 g/mol. The summed E-state index contributed by atoms with van der Waals surface area (Å²) in [5, 5.41) is 3.52. The summed E-state index contributed by atoms with van der Waals surface area (Å²) in [6, 6.07) is 12.0. The molecular weight excluding hydrogens is 372 g/mol. The highest BCUT2D eigenvalue weighted by Gasteiger charge is 2.27. The maximum Gasteiger partial charge on any atom is 0.172 e. The monoisotopic (exact) mass is 395 g/mol. The van der Waals surface area contributed by atoms with Gasteiger partial charge in [0.2, 0.25) is 0 Å². The van der Waals surface area contributed by atoms with Gasteiger partial charge in [-0.05, 0) is 43.2 Å². The van der Waals surface area contributed by atoms with E-state index < -0.39 is 5.82 Å². The van der Waals surface area contributed by atoms with Crippen LogP contribution in [-0.4, -0.2) is 47.1 Å². The van der Waals surface area contributed by atoms with Gasteiger partial charge in [0, 0.05) is 44.3 Å². The number of nitrogens with one attached hydrogen (secondary N) is 1. The van der Waals surface area contributed by atoms with Crippen molar-refractivity contribution in [3.63, 3.8) is 0 Å². The Morgan fingerprint density at radius 1 is 0.931 bits per heavy atom. The maximum atomic E-state index is 14.0. The number of hydrogen-bond acceptors (Lipinski definition) is 5. The maximum absolute atomic E-state index is 14.0. The van der Waals surface area contributed by atoms with Gasteiger partial charge in [0.15, 0.2) is 11.6 Å². The summed E-state index contributed by atoms with van der Waals surface area (Å²) >= 11 is 0. The van der Waals surface area contributed by atoms with Crippen molar-refractivity contribution in [2.24, 2.45) is 0 Å². The Morgan fingerprint density at radius 3 is 2.38 bits per heavy atom. The molecule has 1 saturated carbocycles. The number of rotatable bonds is 5. The summed E-state index contributed by atoms with van der Waals surface area (Å²) in [6.45, 7) is 3.46. The highest BCUT2D eigenvalue weighted by atomic mass is 19.1. The van der Waals surface area contributed by atoms with Crippen LogP contribution in [0.25, 0.3) is 11.0 Å². The second-order valence-corrected chi connectivity index (χ2v) is 7.80. The Bertz CT molecular complexity index is 1030. The molecule has 1 aliphatic carbocycles. The van der Waals surface area contributed by atoms with Crippen LogP contribution in [0.2, 0.25) is 0 Å². The highest BCUT2D eigenvalue weighted by Crippen LogP contribution is 2.31. The molecule has 150 valence electrons. The molecular formula is C22H23F2N5. The lowest BCUT2D eigenvalue weighted by Crippen LogP contribution is -2.46. The predicted octanol–water partition coefficient (Wildman–Crippen LogP) is 3.80. The Labute approximate surface area is 168 Å². The minimum absolute atomic E-state index is 0.356. The summed E-state index contributed by atoms with van der Waals surface area (Å²) in [5.41, 5.74) is 2.17. The van der Waals surface area contributed by atoms with Crippen LogP contribution < -0.4 is 10.2 Å². The van der Waals surface area contributed by atoms with Crippen LogP contribution in [0.3, 0.4) is 0 Å². The van der Waals surface area contributed by atoms with E-state index in [2.05, 4.69) is 15.1 Å². The molecule has 0 spiro atoms. The molecule has 5 rings (SSSR count). The number of nitrogens with zero attached hydrogens (tertiary/aromatic N) is 4. The van der Waals surface area contributed by atoms with Gasteiger partial charge < -0.3 is 10.2 Å². The van der Waals surface area contributed by atoms with Crippen LogP contribution >= 0.6 is 0 Å². The smallest absolute Gasteiger partial charge is 0.172 e. The topological polar surface area (TPSA) is 44.3 Å². The second-order valence-electron chi connectivity index (χ2n) is 7.80. The largest absolute Gasteiger partial charge is 0.364 e. The first-order valence-corrected chi connectivity index (χ1v) is 10.1. The Hall–Kier alpha value is -2.80. The second kappa shape index (κ2) is 7.55. The molecule has 3 aromatic rings. The zero-order valence-corrected chi connectivity index (χ0v) is 16.1. The van der Waals surface area contributed by atoms with Crippen LogP contribution in [0, 0.1) is 11.6 Å². The number of benzene rings is 2. The van der Waals surface area contributed by atoms with Crippen molar-refractivity contribution in [1.82, 2.24) is 14.9 Å². The molecule has 1 aromatic heterocycles.